The molecule has 2 aromatic heterocycles. The van der Waals surface area contributed by atoms with E-state index in [4.69, 9.17) is 15.2 Å². The molecule has 1 aliphatic rings. The van der Waals surface area contributed by atoms with Crippen molar-refractivity contribution in [1.29, 1.82) is 0 Å². The predicted octanol–water partition coefficient (Wildman–Crippen LogP) is 0.286. The number of amides is 4. The number of urea groups is 1. The van der Waals surface area contributed by atoms with Gasteiger partial charge in [0, 0.05) is 32.6 Å². The third kappa shape index (κ3) is 8.18. The molecule has 15 nitrogen and oxygen atoms in total. The zero-order valence-corrected chi connectivity index (χ0v) is 25.1. The zero-order valence-electron chi connectivity index (χ0n) is 25.1. The van der Waals surface area contributed by atoms with E-state index >= 15 is 0 Å². The number of benzene rings is 1. The first-order valence-electron chi connectivity index (χ1n) is 14.5. The highest BCUT2D eigenvalue weighted by Gasteiger charge is 2.32. The molecule has 4 rings (SSSR count). The van der Waals surface area contributed by atoms with Crippen molar-refractivity contribution < 1.29 is 28.7 Å². The number of ketones is 1. The number of hydrogen-bond acceptors (Lipinski definition) is 10. The molecule has 1 aromatic carbocycles. The van der Waals surface area contributed by atoms with Gasteiger partial charge in [-0.1, -0.05) is 44.2 Å². The number of hydrogen-bond donors (Lipinski definition) is 4. The van der Waals surface area contributed by atoms with Crippen LogP contribution in [0.1, 0.15) is 25.8 Å². The number of ether oxygens (including phenoxy) is 2. The number of nitrogens with one attached hydrogen (secondary N) is 3. The third-order valence-electron chi connectivity index (χ3n) is 7.18. The number of methoxy groups -OCH3 is 1. The summed E-state index contributed by atoms with van der Waals surface area (Å²) < 4.78 is 12.1. The van der Waals surface area contributed by atoms with Crippen molar-refractivity contribution in [3.05, 3.63) is 42.2 Å². The van der Waals surface area contributed by atoms with Gasteiger partial charge >= 0.3 is 12.0 Å². The molecule has 1 saturated heterocycles. The van der Waals surface area contributed by atoms with Crippen LogP contribution < -0.4 is 26.4 Å². The van der Waals surface area contributed by atoms with Gasteiger partial charge in [0.2, 0.25) is 11.7 Å². The van der Waals surface area contributed by atoms with Crippen LogP contribution in [0, 0.1) is 5.92 Å². The molecule has 1 aliphatic heterocycles. The minimum atomic E-state index is -1.14. The van der Waals surface area contributed by atoms with Gasteiger partial charge in [-0.2, -0.15) is 9.97 Å². The summed E-state index contributed by atoms with van der Waals surface area (Å²) in [5.74, 6) is -2.25. The van der Waals surface area contributed by atoms with Gasteiger partial charge in [0.1, 0.15) is 17.6 Å². The molecular weight excluding hydrogens is 570 g/mol. The standard InChI is InChI=1S/C29H39N9O6/c1-18(2)21(34-29(42)37-12-14-44-15-13-37)26(40)33-20(16-19-8-5-4-6-9-19)23(39)27(41)31-10-7-11-38-17-32-22-24(30)35-28(43-3)36-25(22)38/h4-6,8-9,17-18,20-21H,7,10-16H2,1-3H3,(H,31,41)(H,33,40)(H,34,42)(H2,30,35,36)/t20-,21-/m0/s1. The highest BCUT2D eigenvalue weighted by Crippen LogP contribution is 2.19. The quantitative estimate of drug-likeness (QED) is 0.154. The molecule has 4 amide bonds. The fourth-order valence-corrected chi connectivity index (χ4v) is 4.74. The number of nitrogens with zero attached hydrogens (tertiary/aromatic N) is 5. The van der Waals surface area contributed by atoms with E-state index in [1.165, 1.54) is 7.11 Å². The SMILES string of the molecule is COc1nc(N)c2ncn(CCCNC(=O)C(=O)[C@H](Cc3ccccc3)NC(=O)[C@@H](NC(=O)N3CCOCC3)C(C)C)c2n1. The fraction of sp³-hybridized carbons (Fsp3) is 0.483. The topological polar surface area (TPSA) is 196 Å². The number of aryl methyl sites for hydroxylation is 1. The minimum absolute atomic E-state index is 0.102. The number of nitrogens with two attached hydrogens (primary N) is 1. The number of Topliss-reactive ketones (excluding diaryl/α,β-unsaturated/α-hetero) is 1. The van der Waals surface area contributed by atoms with Crippen LogP contribution in [0.2, 0.25) is 0 Å². The Balaban J connectivity index is 1.38. The van der Waals surface area contributed by atoms with Crippen LogP contribution in [0.15, 0.2) is 36.7 Å². The van der Waals surface area contributed by atoms with Gasteiger partial charge in [0.15, 0.2) is 11.5 Å². The Morgan fingerprint density at radius 1 is 1.07 bits per heavy atom. The van der Waals surface area contributed by atoms with Crippen LogP contribution in [0.25, 0.3) is 11.2 Å². The number of anilines is 1. The van der Waals surface area contributed by atoms with Crippen molar-refractivity contribution in [3.8, 4) is 6.01 Å². The normalized spacial score (nSPS) is 14.6. The Bertz CT molecular complexity index is 1460. The zero-order chi connectivity index (χ0) is 31.6. The molecule has 2 atom stereocenters. The Morgan fingerprint density at radius 2 is 1.80 bits per heavy atom. The van der Waals surface area contributed by atoms with Crippen molar-refractivity contribution in [2.45, 2.75) is 45.3 Å². The highest BCUT2D eigenvalue weighted by molar-refractivity contribution is 6.38. The lowest BCUT2D eigenvalue weighted by molar-refractivity contribution is -0.140. The van der Waals surface area contributed by atoms with E-state index in [2.05, 4.69) is 30.9 Å². The Kier molecular flexibility index (Phi) is 11.0. The number of imidazole rings is 1. The second kappa shape index (κ2) is 15.1. The average Bonchev–Trinajstić information content (AvgIpc) is 3.44. The summed E-state index contributed by atoms with van der Waals surface area (Å²) in [4.78, 5) is 66.7. The molecule has 0 spiro atoms. The lowest BCUT2D eigenvalue weighted by Crippen LogP contribution is -2.58. The Morgan fingerprint density at radius 3 is 2.48 bits per heavy atom. The molecule has 3 heterocycles. The van der Waals surface area contributed by atoms with Gasteiger partial charge in [-0.25, -0.2) is 9.78 Å². The van der Waals surface area contributed by atoms with E-state index in [0.717, 1.165) is 5.56 Å². The number of morpholine rings is 1. The maximum absolute atomic E-state index is 13.4. The van der Waals surface area contributed by atoms with E-state index < -0.39 is 29.7 Å². The summed E-state index contributed by atoms with van der Waals surface area (Å²) in [5, 5.41) is 8.15. The first-order valence-corrected chi connectivity index (χ1v) is 14.5. The average molecular weight is 610 g/mol. The number of carbonyl (C=O) groups is 4. The predicted molar refractivity (Wildman–Crippen MR) is 161 cm³/mol. The van der Waals surface area contributed by atoms with E-state index in [0.29, 0.717) is 50.4 Å². The van der Waals surface area contributed by atoms with Gasteiger partial charge < -0.3 is 40.6 Å². The van der Waals surface area contributed by atoms with E-state index in [9.17, 15) is 19.2 Å². The van der Waals surface area contributed by atoms with Crippen LogP contribution in [0.4, 0.5) is 10.6 Å². The summed E-state index contributed by atoms with van der Waals surface area (Å²) in [6, 6.07) is 6.75. The van der Waals surface area contributed by atoms with Crippen LogP contribution >= 0.6 is 0 Å². The molecular formula is C29H39N9O6. The molecule has 0 radical (unpaired) electrons. The molecule has 5 N–H and O–H groups in total. The number of nitrogen functional groups attached to an aromatic ring is 1. The number of carbonyl (C=O) groups excluding carboxylic acids is 4. The van der Waals surface area contributed by atoms with Crippen LogP contribution in [0.3, 0.4) is 0 Å². The van der Waals surface area contributed by atoms with Gasteiger partial charge in [0.05, 0.1) is 26.7 Å². The lowest BCUT2D eigenvalue weighted by atomic mass is 9.99. The van der Waals surface area contributed by atoms with Crippen LogP contribution in [-0.4, -0.2) is 100 Å². The van der Waals surface area contributed by atoms with Crippen molar-refractivity contribution in [2.75, 3.05) is 45.7 Å². The summed E-state index contributed by atoms with van der Waals surface area (Å²) in [6.07, 6.45) is 2.12. The summed E-state index contributed by atoms with van der Waals surface area (Å²) >= 11 is 0. The molecule has 0 bridgehead atoms. The van der Waals surface area contributed by atoms with E-state index in [-0.39, 0.29) is 36.7 Å². The molecule has 44 heavy (non-hydrogen) atoms. The fourth-order valence-electron chi connectivity index (χ4n) is 4.74. The molecule has 15 heteroatoms. The second-order valence-corrected chi connectivity index (χ2v) is 10.7. The molecule has 0 saturated carbocycles. The first-order chi connectivity index (χ1) is 21.2. The first kappa shape index (κ1) is 32.1. The molecule has 1 fully saturated rings. The maximum atomic E-state index is 13.4. The maximum Gasteiger partial charge on any atom is 0.320 e. The molecule has 3 aromatic rings. The van der Waals surface area contributed by atoms with Gasteiger partial charge in [-0.15, -0.1) is 0 Å². The Hall–Kier alpha value is -4.79. The molecule has 0 aliphatic carbocycles. The smallest absolute Gasteiger partial charge is 0.320 e. The van der Waals surface area contributed by atoms with E-state index in [1.54, 1.807) is 29.6 Å². The van der Waals surface area contributed by atoms with E-state index in [1.807, 2.05) is 30.3 Å². The van der Waals surface area contributed by atoms with Crippen molar-refractivity contribution in [2.24, 2.45) is 5.92 Å². The van der Waals surface area contributed by atoms with Gasteiger partial charge in [0.25, 0.3) is 5.91 Å². The van der Waals surface area contributed by atoms with Crippen molar-refractivity contribution >= 4 is 40.6 Å². The summed E-state index contributed by atoms with van der Waals surface area (Å²) in [7, 11) is 1.44. The summed E-state index contributed by atoms with van der Waals surface area (Å²) in [6.45, 7) is 5.87. The van der Waals surface area contributed by atoms with Gasteiger partial charge in [-0.05, 0) is 17.9 Å². The largest absolute Gasteiger partial charge is 0.467 e. The molecule has 236 valence electrons. The Labute approximate surface area is 254 Å². The third-order valence-corrected chi connectivity index (χ3v) is 7.18. The minimum Gasteiger partial charge on any atom is -0.467 e. The van der Waals surface area contributed by atoms with Gasteiger partial charge in [-0.3, -0.25) is 14.4 Å². The lowest BCUT2D eigenvalue weighted by Gasteiger charge is -2.30. The van der Waals surface area contributed by atoms with Crippen LogP contribution in [0.5, 0.6) is 6.01 Å². The number of rotatable bonds is 13. The number of aromatic nitrogens is 4. The van der Waals surface area contributed by atoms with Crippen LogP contribution in [-0.2, 0) is 32.1 Å². The highest BCUT2D eigenvalue weighted by atomic mass is 16.5. The molecule has 0 unspecified atom stereocenters. The number of fused-ring (bicyclic) bond motifs is 1. The monoisotopic (exact) mass is 609 g/mol. The van der Waals surface area contributed by atoms with Crippen molar-refractivity contribution in [3.63, 3.8) is 0 Å². The summed E-state index contributed by atoms with van der Waals surface area (Å²) in [5.41, 5.74) is 7.61. The second-order valence-electron chi connectivity index (χ2n) is 10.7. The van der Waals surface area contributed by atoms with Crippen molar-refractivity contribution in [1.82, 2.24) is 40.4 Å².